The number of hydrogen-bond acceptors (Lipinski definition) is 4. The largest absolute Gasteiger partial charge is 0.482 e. The molecule has 146 valence electrons. The van der Waals surface area contributed by atoms with Crippen molar-refractivity contribution in [3.8, 4) is 5.75 Å². The summed E-state index contributed by atoms with van der Waals surface area (Å²) in [7, 11) is -3.64. The van der Waals surface area contributed by atoms with E-state index >= 15 is 0 Å². The third-order valence-corrected chi connectivity index (χ3v) is 5.53. The summed E-state index contributed by atoms with van der Waals surface area (Å²) in [4.78, 5) is 12.0. The predicted octanol–water partition coefficient (Wildman–Crippen LogP) is 3.03. The molecule has 0 fully saturated rings. The minimum atomic E-state index is -3.64. The number of nitrogens with one attached hydrogen (secondary N) is 2. The third-order valence-electron chi connectivity index (χ3n) is 3.57. The van der Waals surface area contributed by atoms with Crippen LogP contribution in [0.3, 0.4) is 0 Å². The molecule has 0 unspecified atom stereocenters. The number of sulfonamides is 1. The molecule has 0 aromatic heterocycles. The maximum Gasteiger partial charge on any atom is 0.258 e. The zero-order valence-electron chi connectivity index (χ0n) is 15.5. The molecule has 8 heteroatoms. The minimum absolute atomic E-state index is 0.0392. The lowest BCUT2D eigenvalue weighted by Crippen LogP contribution is -2.30. The Bertz CT molecular complexity index is 896. The fraction of sp³-hybridized carbons (Fsp3) is 0.316. The fourth-order valence-electron chi connectivity index (χ4n) is 2.25. The zero-order valence-corrected chi connectivity index (χ0v) is 17.0. The van der Waals surface area contributed by atoms with Crippen LogP contribution in [0.2, 0.25) is 5.02 Å². The van der Waals surface area contributed by atoms with Gasteiger partial charge < -0.3 is 10.1 Å². The second kappa shape index (κ2) is 9.21. The Balaban J connectivity index is 1.91. The number of aryl methyl sites for hydroxylation is 1. The van der Waals surface area contributed by atoms with E-state index in [9.17, 15) is 13.2 Å². The second-order valence-corrected chi connectivity index (χ2v) is 8.54. The van der Waals surface area contributed by atoms with Crippen LogP contribution in [-0.4, -0.2) is 27.0 Å². The molecular formula is C19H23ClN2O4S. The second-order valence-electron chi connectivity index (χ2n) is 6.42. The quantitative estimate of drug-likeness (QED) is 0.700. The van der Waals surface area contributed by atoms with Gasteiger partial charge in [-0.3, -0.25) is 4.79 Å². The van der Waals surface area contributed by atoms with Crippen LogP contribution >= 0.6 is 11.6 Å². The molecule has 0 saturated heterocycles. The van der Waals surface area contributed by atoms with Gasteiger partial charge >= 0.3 is 0 Å². The summed E-state index contributed by atoms with van der Waals surface area (Å²) in [5.74, 6) is -0.0598. The first-order chi connectivity index (χ1) is 12.7. The number of halogens is 1. The lowest BCUT2D eigenvalue weighted by Gasteiger charge is -2.12. The van der Waals surface area contributed by atoms with Gasteiger partial charge in [0, 0.05) is 12.6 Å². The third kappa shape index (κ3) is 6.53. The number of hydrogen-bond donors (Lipinski definition) is 2. The van der Waals surface area contributed by atoms with Gasteiger partial charge in [-0.15, -0.1) is 0 Å². The SMILES string of the molecule is Cc1ccc(CNC(=O)COc2ccc(S(=O)(=O)NC(C)C)cc2Cl)cc1. The average molecular weight is 411 g/mol. The highest BCUT2D eigenvalue weighted by molar-refractivity contribution is 7.89. The zero-order chi connectivity index (χ0) is 20.0. The molecule has 2 aromatic rings. The lowest BCUT2D eigenvalue weighted by molar-refractivity contribution is -0.123. The van der Waals surface area contributed by atoms with Crippen molar-refractivity contribution in [2.24, 2.45) is 0 Å². The van der Waals surface area contributed by atoms with Crippen molar-refractivity contribution < 1.29 is 17.9 Å². The van der Waals surface area contributed by atoms with Gasteiger partial charge in [-0.1, -0.05) is 41.4 Å². The first-order valence-electron chi connectivity index (χ1n) is 8.44. The van der Waals surface area contributed by atoms with E-state index in [0.717, 1.165) is 11.1 Å². The molecule has 27 heavy (non-hydrogen) atoms. The fourth-order valence-corrected chi connectivity index (χ4v) is 3.82. The van der Waals surface area contributed by atoms with Crippen LogP contribution in [0.4, 0.5) is 0 Å². The summed E-state index contributed by atoms with van der Waals surface area (Å²) < 4.78 is 32.1. The molecule has 0 spiro atoms. The molecular weight excluding hydrogens is 388 g/mol. The van der Waals surface area contributed by atoms with Gasteiger partial charge in [0.15, 0.2) is 6.61 Å². The van der Waals surface area contributed by atoms with E-state index in [1.54, 1.807) is 13.8 Å². The van der Waals surface area contributed by atoms with Gasteiger partial charge in [0.05, 0.1) is 9.92 Å². The molecule has 0 aliphatic heterocycles. The number of benzene rings is 2. The molecule has 0 aliphatic carbocycles. The van der Waals surface area contributed by atoms with Crippen LogP contribution in [0.15, 0.2) is 47.4 Å². The average Bonchev–Trinajstić information content (AvgIpc) is 2.59. The monoisotopic (exact) mass is 410 g/mol. The van der Waals surface area contributed by atoms with Crippen LogP contribution < -0.4 is 14.8 Å². The topological polar surface area (TPSA) is 84.5 Å². The molecule has 2 aromatic carbocycles. The van der Waals surface area contributed by atoms with Gasteiger partial charge in [0.2, 0.25) is 10.0 Å². The van der Waals surface area contributed by atoms with E-state index in [4.69, 9.17) is 16.3 Å². The van der Waals surface area contributed by atoms with E-state index in [-0.39, 0.29) is 34.2 Å². The summed E-state index contributed by atoms with van der Waals surface area (Å²) in [5, 5.41) is 2.87. The molecule has 2 rings (SSSR count). The van der Waals surface area contributed by atoms with Gasteiger partial charge in [-0.25, -0.2) is 13.1 Å². The number of carbonyl (C=O) groups excluding carboxylic acids is 1. The highest BCUT2D eigenvalue weighted by atomic mass is 35.5. The Kier molecular flexibility index (Phi) is 7.24. The van der Waals surface area contributed by atoms with Crippen molar-refractivity contribution in [1.29, 1.82) is 0 Å². The van der Waals surface area contributed by atoms with Crippen LogP contribution in [0.1, 0.15) is 25.0 Å². The smallest absolute Gasteiger partial charge is 0.258 e. The molecule has 2 N–H and O–H groups in total. The van der Waals surface area contributed by atoms with E-state index in [1.807, 2.05) is 31.2 Å². The Labute approximate surface area is 164 Å². The molecule has 0 saturated carbocycles. The molecule has 6 nitrogen and oxygen atoms in total. The van der Waals surface area contributed by atoms with Gasteiger partial charge in [-0.05, 0) is 44.5 Å². The van der Waals surface area contributed by atoms with E-state index in [0.29, 0.717) is 6.54 Å². The van der Waals surface area contributed by atoms with Crippen molar-refractivity contribution in [1.82, 2.24) is 10.0 Å². The number of rotatable bonds is 8. The van der Waals surface area contributed by atoms with Crippen molar-refractivity contribution in [2.45, 2.75) is 38.3 Å². The Morgan fingerprint density at radius 2 is 1.81 bits per heavy atom. The first kappa shape index (κ1) is 21.2. The minimum Gasteiger partial charge on any atom is -0.482 e. The predicted molar refractivity (Wildman–Crippen MR) is 105 cm³/mol. The summed E-state index contributed by atoms with van der Waals surface area (Å²) in [5.41, 5.74) is 2.14. The van der Waals surface area contributed by atoms with E-state index in [2.05, 4.69) is 10.0 Å². The van der Waals surface area contributed by atoms with Crippen LogP contribution in [-0.2, 0) is 21.4 Å². The van der Waals surface area contributed by atoms with Crippen LogP contribution in [0.5, 0.6) is 5.75 Å². The van der Waals surface area contributed by atoms with Crippen LogP contribution in [0.25, 0.3) is 0 Å². The van der Waals surface area contributed by atoms with E-state index < -0.39 is 10.0 Å². The highest BCUT2D eigenvalue weighted by Gasteiger charge is 2.17. The highest BCUT2D eigenvalue weighted by Crippen LogP contribution is 2.27. The molecule has 0 radical (unpaired) electrons. The molecule has 0 atom stereocenters. The standard InChI is InChI=1S/C19H23ClN2O4S/c1-13(2)22-27(24,25)16-8-9-18(17(20)10-16)26-12-19(23)21-11-15-6-4-14(3)5-7-15/h4-10,13,22H,11-12H2,1-3H3,(H,21,23). The maximum absolute atomic E-state index is 12.1. The van der Waals surface area contributed by atoms with Crippen molar-refractivity contribution in [2.75, 3.05) is 6.61 Å². The molecule has 1 amide bonds. The summed E-state index contributed by atoms with van der Waals surface area (Å²) in [6, 6.07) is 11.7. The molecule has 0 heterocycles. The van der Waals surface area contributed by atoms with Gasteiger partial charge in [0.25, 0.3) is 5.91 Å². The lowest BCUT2D eigenvalue weighted by atomic mass is 10.1. The maximum atomic E-state index is 12.1. The first-order valence-corrected chi connectivity index (χ1v) is 10.3. The number of carbonyl (C=O) groups is 1. The molecule has 0 aliphatic rings. The van der Waals surface area contributed by atoms with Gasteiger partial charge in [0.1, 0.15) is 5.75 Å². The normalized spacial score (nSPS) is 11.4. The number of ether oxygens (including phenoxy) is 1. The van der Waals surface area contributed by atoms with Crippen molar-refractivity contribution in [3.05, 3.63) is 58.6 Å². The number of amides is 1. The summed E-state index contributed by atoms with van der Waals surface area (Å²) in [6.45, 7) is 5.63. The van der Waals surface area contributed by atoms with Gasteiger partial charge in [-0.2, -0.15) is 0 Å². The summed E-state index contributed by atoms with van der Waals surface area (Å²) >= 11 is 6.09. The Morgan fingerprint density at radius 3 is 2.41 bits per heavy atom. The summed E-state index contributed by atoms with van der Waals surface area (Å²) in [6.07, 6.45) is 0. The Morgan fingerprint density at radius 1 is 1.15 bits per heavy atom. The van der Waals surface area contributed by atoms with Crippen molar-refractivity contribution in [3.63, 3.8) is 0 Å². The molecule has 0 bridgehead atoms. The van der Waals surface area contributed by atoms with Crippen LogP contribution in [0, 0.1) is 6.92 Å². The van der Waals surface area contributed by atoms with Crippen molar-refractivity contribution >= 4 is 27.5 Å². The van der Waals surface area contributed by atoms with E-state index in [1.165, 1.54) is 18.2 Å². The Hall–Kier alpha value is -2.09.